The number of hydrogen-bond acceptors (Lipinski definition) is 7. The Kier molecular flexibility index (Phi) is 4.53. The standard InChI is InChI=1S/C15H18N4O3S/c1-2-8-19(12-6-9-23(20,21)11-12)10-14-17-15(18-22-14)13-5-3-4-7-16-13/h2-5,7,12H,1,6,8-11H2/t12-/m1/s1. The van der Waals surface area contributed by atoms with Gasteiger partial charge in [-0.2, -0.15) is 4.98 Å². The monoisotopic (exact) mass is 334 g/mol. The number of rotatable bonds is 6. The molecule has 1 saturated heterocycles. The summed E-state index contributed by atoms with van der Waals surface area (Å²) in [5.74, 6) is 1.27. The molecule has 122 valence electrons. The molecule has 0 unspecified atom stereocenters. The lowest BCUT2D eigenvalue weighted by Gasteiger charge is -2.24. The molecule has 0 aliphatic carbocycles. The summed E-state index contributed by atoms with van der Waals surface area (Å²) in [6, 6.07) is 5.44. The molecule has 23 heavy (non-hydrogen) atoms. The Hall–Kier alpha value is -2.06. The smallest absolute Gasteiger partial charge is 0.241 e. The maximum Gasteiger partial charge on any atom is 0.241 e. The van der Waals surface area contributed by atoms with E-state index in [-0.39, 0.29) is 17.5 Å². The van der Waals surface area contributed by atoms with Crippen molar-refractivity contribution in [3.63, 3.8) is 0 Å². The van der Waals surface area contributed by atoms with E-state index in [1.54, 1.807) is 18.3 Å². The summed E-state index contributed by atoms with van der Waals surface area (Å²) in [5, 5.41) is 3.94. The fourth-order valence-corrected chi connectivity index (χ4v) is 4.43. The number of nitrogens with zero attached hydrogens (tertiary/aromatic N) is 4. The normalized spacial score (nSPS) is 20.0. The molecule has 1 fully saturated rings. The molecule has 0 saturated carbocycles. The summed E-state index contributed by atoms with van der Waals surface area (Å²) in [6.07, 6.45) is 4.04. The van der Waals surface area contributed by atoms with E-state index in [1.165, 1.54) is 0 Å². The van der Waals surface area contributed by atoms with Crippen LogP contribution in [0.15, 0.2) is 41.6 Å². The molecule has 1 aliphatic rings. The second kappa shape index (κ2) is 6.59. The van der Waals surface area contributed by atoms with Crippen LogP contribution in [0.1, 0.15) is 12.3 Å². The Morgan fingerprint density at radius 3 is 2.96 bits per heavy atom. The van der Waals surface area contributed by atoms with E-state index in [1.807, 2.05) is 17.0 Å². The summed E-state index contributed by atoms with van der Waals surface area (Å²) < 4.78 is 28.6. The second-order valence-corrected chi connectivity index (χ2v) is 7.73. The molecule has 2 aromatic rings. The van der Waals surface area contributed by atoms with Crippen molar-refractivity contribution in [2.75, 3.05) is 18.1 Å². The minimum Gasteiger partial charge on any atom is -0.337 e. The van der Waals surface area contributed by atoms with Gasteiger partial charge in [-0.25, -0.2) is 8.42 Å². The minimum atomic E-state index is -2.94. The lowest BCUT2D eigenvalue weighted by Crippen LogP contribution is -2.35. The molecule has 1 atom stereocenters. The van der Waals surface area contributed by atoms with Gasteiger partial charge in [-0.05, 0) is 18.6 Å². The van der Waals surface area contributed by atoms with Crippen molar-refractivity contribution in [3.8, 4) is 11.5 Å². The molecule has 3 rings (SSSR count). The predicted octanol–water partition coefficient (Wildman–Crippen LogP) is 1.31. The highest BCUT2D eigenvalue weighted by atomic mass is 32.2. The summed E-state index contributed by atoms with van der Waals surface area (Å²) >= 11 is 0. The lowest BCUT2D eigenvalue weighted by atomic mass is 10.2. The van der Waals surface area contributed by atoms with Gasteiger partial charge in [0.1, 0.15) is 5.69 Å². The van der Waals surface area contributed by atoms with E-state index in [2.05, 4.69) is 21.7 Å². The molecule has 2 aromatic heterocycles. The van der Waals surface area contributed by atoms with Gasteiger partial charge in [0.05, 0.1) is 18.1 Å². The highest BCUT2D eigenvalue weighted by Gasteiger charge is 2.32. The predicted molar refractivity (Wildman–Crippen MR) is 85.2 cm³/mol. The zero-order valence-corrected chi connectivity index (χ0v) is 13.4. The molecule has 0 N–H and O–H groups in total. The number of sulfone groups is 1. The van der Waals surface area contributed by atoms with Crippen molar-refractivity contribution < 1.29 is 12.9 Å². The molecule has 0 amide bonds. The Bertz CT molecular complexity index is 773. The zero-order chi connectivity index (χ0) is 16.3. The van der Waals surface area contributed by atoms with Crippen LogP contribution in [-0.4, -0.2) is 52.5 Å². The first-order chi connectivity index (χ1) is 11.1. The van der Waals surface area contributed by atoms with Crippen LogP contribution in [0.5, 0.6) is 0 Å². The summed E-state index contributed by atoms with van der Waals surface area (Å²) in [6.45, 7) is 4.70. The van der Waals surface area contributed by atoms with E-state index in [0.717, 1.165) is 0 Å². The number of aromatic nitrogens is 3. The van der Waals surface area contributed by atoms with Gasteiger partial charge in [0.2, 0.25) is 11.7 Å². The van der Waals surface area contributed by atoms with Crippen molar-refractivity contribution in [1.29, 1.82) is 0 Å². The van der Waals surface area contributed by atoms with Crippen LogP contribution < -0.4 is 0 Å². The summed E-state index contributed by atoms with van der Waals surface area (Å²) in [4.78, 5) is 10.5. The Morgan fingerprint density at radius 1 is 1.43 bits per heavy atom. The first-order valence-electron chi connectivity index (χ1n) is 7.37. The fraction of sp³-hybridized carbons (Fsp3) is 0.400. The van der Waals surface area contributed by atoms with E-state index in [0.29, 0.717) is 36.9 Å². The Balaban J connectivity index is 1.74. The quantitative estimate of drug-likeness (QED) is 0.736. The third-order valence-electron chi connectivity index (χ3n) is 3.79. The Labute approximate surface area is 135 Å². The van der Waals surface area contributed by atoms with Crippen LogP contribution in [0.3, 0.4) is 0 Å². The molecular formula is C15H18N4O3S. The highest BCUT2D eigenvalue weighted by molar-refractivity contribution is 7.91. The van der Waals surface area contributed by atoms with E-state index >= 15 is 0 Å². The lowest BCUT2D eigenvalue weighted by molar-refractivity contribution is 0.196. The van der Waals surface area contributed by atoms with Gasteiger partial charge in [-0.3, -0.25) is 9.88 Å². The topological polar surface area (TPSA) is 89.2 Å². The van der Waals surface area contributed by atoms with E-state index in [4.69, 9.17) is 4.52 Å². The highest BCUT2D eigenvalue weighted by Crippen LogP contribution is 2.20. The average molecular weight is 334 g/mol. The molecule has 0 bridgehead atoms. The van der Waals surface area contributed by atoms with Crippen LogP contribution in [0.4, 0.5) is 0 Å². The molecule has 7 nitrogen and oxygen atoms in total. The van der Waals surface area contributed by atoms with Gasteiger partial charge < -0.3 is 4.52 Å². The molecule has 3 heterocycles. The van der Waals surface area contributed by atoms with E-state index in [9.17, 15) is 8.42 Å². The van der Waals surface area contributed by atoms with Crippen molar-refractivity contribution >= 4 is 9.84 Å². The first kappa shape index (κ1) is 15.8. The molecule has 0 aromatic carbocycles. The van der Waals surface area contributed by atoms with Gasteiger partial charge in [-0.15, -0.1) is 6.58 Å². The van der Waals surface area contributed by atoms with Gasteiger partial charge in [0.15, 0.2) is 9.84 Å². The Morgan fingerprint density at radius 2 is 2.30 bits per heavy atom. The molecule has 8 heteroatoms. The first-order valence-corrected chi connectivity index (χ1v) is 9.19. The van der Waals surface area contributed by atoms with Gasteiger partial charge in [0, 0.05) is 18.8 Å². The number of hydrogen-bond donors (Lipinski definition) is 0. The van der Waals surface area contributed by atoms with Crippen LogP contribution in [-0.2, 0) is 16.4 Å². The van der Waals surface area contributed by atoms with Crippen LogP contribution in [0.2, 0.25) is 0 Å². The molecular weight excluding hydrogens is 316 g/mol. The van der Waals surface area contributed by atoms with Gasteiger partial charge >= 0.3 is 0 Å². The largest absolute Gasteiger partial charge is 0.337 e. The molecule has 0 radical (unpaired) electrons. The van der Waals surface area contributed by atoms with Crippen LogP contribution >= 0.6 is 0 Å². The van der Waals surface area contributed by atoms with Crippen LogP contribution in [0.25, 0.3) is 11.5 Å². The van der Waals surface area contributed by atoms with Crippen molar-refractivity contribution in [3.05, 3.63) is 42.9 Å². The van der Waals surface area contributed by atoms with Gasteiger partial charge in [-0.1, -0.05) is 17.3 Å². The average Bonchev–Trinajstić information content (AvgIpc) is 3.14. The van der Waals surface area contributed by atoms with Crippen molar-refractivity contribution in [2.24, 2.45) is 0 Å². The zero-order valence-electron chi connectivity index (χ0n) is 12.6. The van der Waals surface area contributed by atoms with Crippen molar-refractivity contribution in [2.45, 2.75) is 19.0 Å². The summed E-state index contributed by atoms with van der Waals surface area (Å²) in [7, 11) is -2.94. The molecule has 0 spiro atoms. The third kappa shape index (κ3) is 3.83. The second-order valence-electron chi connectivity index (χ2n) is 5.50. The summed E-state index contributed by atoms with van der Waals surface area (Å²) in [5.41, 5.74) is 0.640. The third-order valence-corrected chi connectivity index (χ3v) is 5.54. The minimum absolute atomic E-state index is 0.0387. The SMILES string of the molecule is C=CCN(Cc1nc(-c2ccccn2)no1)[C@@H]1CCS(=O)(=O)C1. The maximum atomic E-state index is 11.7. The fourth-order valence-electron chi connectivity index (χ4n) is 2.66. The van der Waals surface area contributed by atoms with Crippen LogP contribution in [0, 0.1) is 0 Å². The van der Waals surface area contributed by atoms with Crippen molar-refractivity contribution in [1.82, 2.24) is 20.0 Å². The number of pyridine rings is 1. The maximum absolute atomic E-state index is 11.7. The van der Waals surface area contributed by atoms with E-state index < -0.39 is 9.84 Å². The molecule has 1 aliphatic heterocycles. The van der Waals surface area contributed by atoms with Gasteiger partial charge in [0.25, 0.3) is 0 Å².